The van der Waals surface area contributed by atoms with Crippen molar-refractivity contribution in [2.45, 2.75) is 6.92 Å². The summed E-state index contributed by atoms with van der Waals surface area (Å²) in [4.78, 5) is 16.4. The topological polar surface area (TPSA) is 63.6 Å². The van der Waals surface area contributed by atoms with Crippen molar-refractivity contribution in [2.75, 3.05) is 5.32 Å². The summed E-state index contributed by atoms with van der Waals surface area (Å²) in [6, 6.07) is 4.27. The molecule has 8 heteroatoms. The molecule has 3 aromatic rings. The van der Waals surface area contributed by atoms with Gasteiger partial charge in [0.1, 0.15) is 23.2 Å². The van der Waals surface area contributed by atoms with Gasteiger partial charge in [-0.1, -0.05) is 11.6 Å². The van der Waals surface area contributed by atoms with Gasteiger partial charge in [0, 0.05) is 5.69 Å². The molecule has 0 amide bonds. The SMILES string of the molecule is Cc1nc(Cl)nc2c(Nc3ccc(F)c(Cl)c3)ncnc12. The van der Waals surface area contributed by atoms with Gasteiger partial charge < -0.3 is 5.32 Å². The number of anilines is 2. The highest BCUT2D eigenvalue weighted by Gasteiger charge is 2.11. The van der Waals surface area contributed by atoms with Crippen LogP contribution in [0.15, 0.2) is 24.5 Å². The van der Waals surface area contributed by atoms with Crippen molar-refractivity contribution in [3.8, 4) is 0 Å². The van der Waals surface area contributed by atoms with E-state index in [1.165, 1.54) is 18.5 Å². The second kappa shape index (κ2) is 5.38. The fraction of sp³-hybridized carbons (Fsp3) is 0.0769. The highest BCUT2D eigenvalue weighted by Crippen LogP contribution is 2.26. The number of nitrogens with zero attached hydrogens (tertiary/aromatic N) is 4. The lowest BCUT2D eigenvalue weighted by molar-refractivity contribution is 0.628. The van der Waals surface area contributed by atoms with E-state index in [9.17, 15) is 4.39 Å². The zero-order chi connectivity index (χ0) is 15.0. The molecule has 2 heterocycles. The van der Waals surface area contributed by atoms with Crippen molar-refractivity contribution in [3.05, 3.63) is 46.3 Å². The van der Waals surface area contributed by atoms with Crippen LogP contribution < -0.4 is 5.32 Å². The van der Waals surface area contributed by atoms with Crippen molar-refractivity contribution >= 4 is 45.7 Å². The molecule has 1 aromatic carbocycles. The average molecular weight is 324 g/mol. The first-order chi connectivity index (χ1) is 10.0. The number of rotatable bonds is 2. The number of nitrogens with one attached hydrogen (secondary N) is 1. The summed E-state index contributed by atoms with van der Waals surface area (Å²) in [5.41, 5.74) is 2.29. The monoisotopic (exact) mass is 323 g/mol. The van der Waals surface area contributed by atoms with Crippen LogP contribution in [-0.4, -0.2) is 19.9 Å². The molecular weight excluding hydrogens is 316 g/mol. The average Bonchev–Trinajstić information content (AvgIpc) is 2.44. The van der Waals surface area contributed by atoms with Gasteiger partial charge in [-0.25, -0.2) is 24.3 Å². The molecule has 0 bridgehead atoms. The number of hydrogen-bond acceptors (Lipinski definition) is 5. The minimum Gasteiger partial charge on any atom is -0.338 e. The van der Waals surface area contributed by atoms with Crippen molar-refractivity contribution in [1.82, 2.24) is 19.9 Å². The number of aryl methyl sites for hydroxylation is 1. The molecule has 0 radical (unpaired) electrons. The third-order valence-corrected chi connectivity index (χ3v) is 3.27. The van der Waals surface area contributed by atoms with Crippen LogP contribution in [-0.2, 0) is 0 Å². The minimum atomic E-state index is -0.490. The van der Waals surface area contributed by atoms with Crippen LogP contribution in [0.2, 0.25) is 10.3 Å². The Morgan fingerprint density at radius 1 is 1.10 bits per heavy atom. The van der Waals surface area contributed by atoms with E-state index < -0.39 is 5.82 Å². The van der Waals surface area contributed by atoms with E-state index in [0.29, 0.717) is 28.2 Å². The van der Waals surface area contributed by atoms with Gasteiger partial charge in [-0.15, -0.1) is 0 Å². The Balaban J connectivity index is 2.10. The van der Waals surface area contributed by atoms with Gasteiger partial charge in [0.2, 0.25) is 5.28 Å². The van der Waals surface area contributed by atoms with Crippen molar-refractivity contribution in [1.29, 1.82) is 0 Å². The first-order valence-electron chi connectivity index (χ1n) is 5.91. The summed E-state index contributed by atoms with van der Waals surface area (Å²) in [5, 5.41) is 3.14. The Kier molecular flexibility index (Phi) is 3.57. The van der Waals surface area contributed by atoms with Gasteiger partial charge >= 0.3 is 0 Å². The molecule has 106 valence electrons. The van der Waals surface area contributed by atoms with Gasteiger partial charge in [-0.3, -0.25) is 0 Å². The second-order valence-electron chi connectivity index (χ2n) is 4.25. The molecule has 3 rings (SSSR count). The fourth-order valence-corrected chi connectivity index (χ4v) is 2.25. The molecule has 0 fully saturated rings. The third kappa shape index (κ3) is 2.72. The van der Waals surface area contributed by atoms with E-state index in [1.807, 2.05) is 0 Å². The van der Waals surface area contributed by atoms with E-state index in [2.05, 4.69) is 25.3 Å². The van der Waals surface area contributed by atoms with Crippen LogP contribution in [0.1, 0.15) is 5.69 Å². The maximum absolute atomic E-state index is 13.2. The molecule has 1 N–H and O–H groups in total. The Morgan fingerprint density at radius 3 is 2.67 bits per heavy atom. The third-order valence-electron chi connectivity index (χ3n) is 2.81. The molecule has 21 heavy (non-hydrogen) atoms. The van der Waals surface area contributed by atoms with Gasteiger partial charge in [-0.2, -0.15) is 0 Å². The van der Waals surface area contributed by atoms with E-state index in [0.717, 1.165) is 0 Å². The normalized spacial score (nSPS) is 10.9. The number of halogens is 3. The maximum atomic E-state index is 13.2. The standard InChI is InChI=1S/C13H8Cl2FN5/c1-6-10-11(21-13(15)19-6)12(18-5-17-10)20-7-2-3-9(16)8(14)4-7/h2-5H,1H3,(H,17,18,20). The minimum absolute atomic E-state index is 0.0159. The van der Waals surface area contributed by atoms with Crippen molar-refractivity contribution in [2.24, 2.45) is 0 Å². The Morgan fingerprint density at radius 2 is 1.90 bits per heavy atom. The Bertz CT molecular complexity index is 840. The highest BCUT2D eigenvalue weighted by molar-refractivity contribution is 6.31. The summed E-state index contributed by atoms with van der Waals surface area (Å²) in [6.07, 6.45) is 1.39. The van der Waals surface area contributed by atoms with E-state index in [4.69, 9.17) is 23.2 Å². The molecule has 0 spiro atoms. The zero-order valence-corrected chi connectivity index (χ0v) is 12.2. The summed E-state index contributed by atoms with van der Waals surface area (Å²) >= 11 is 11.6. The number of aromatic nitrogens is 4. The van der Waals surface area contributed by atoms with E-state index in [-0.39, 0.29) is 10.3 Å². The van der Waals surface area contributed by atoms with Gasteiger partial charge in [0.05, 0.1) is 10.7 Å². The lowest BCUT2D eigenvalue weighted by atomic mass is 10.3. The van der Waals surface area contributed by atoms with Crippen LogP contribution in [0.4, 0.5) is 15.9 Å². The lowest BCUT2D eigenvalue weighted by Gasteiger charge is -2.09. The molecule has 0 aliphatic heterocycles. The fourth-order valence-electron chi connectivity index (χ4n) is 1.86. The van der Waals surface area contributed by atoms with Crippen LogP contribution in [0, 0.1) is 12.7 Å². The first-order valence-corrected chi connectivity index (χ1v) is 6.67. The Labute approximate surface area is 129 Å². The molecule has 0 aliphatic carbocycles. The Hall–Kier alpha value is -2.05. The lowest BCUT2D eigenvalue weighted by Crippen LogP contribution is -2.00. The molecule has 0 saturated carbocycles. The van der Waals surface area contributed by atoms with E-state index >= 15 is 0 Å². The molecular formula is C13H8Cl2FN5. The molecule has 0 saturated heterocycles. The van der Waals surface area contributed by atoms with Gasteiger partial charge in [0.15, 0.2) is 5.82 Å². The summed E-state index contributed by atoms with van der Waals surface area (Å²) in [5.74, 6) is -0.0500. The number of fused-ring (bicyclic) bond motifs is 1. The molecule has 2 aromatic heterocycles. The van der Waals surface area contributed by atoms with Gasteiger partial charge in [0.25, 0.3) is 0 Å². The smallest absolute Gasteiger partial charge is 0.223 e. The van der Waals surface area contributed by atoms with Crippen molar-refractivity contribution < 1.29 is 4.39 Å². The highest BCUT2D eigenvalue weighted by atomic mass is 35.5. The first kappa shape index (κ1) is 13.9. The largest absolute Gasteiger partial charge is 0.338 e. The number of benzene rings is 1. The molecule has 0 aliphatic rings. The molecule has 0 unspecified atom stereocenters. The summed E-state index contributed by atoms with van der Waals surface area (Å²) < 4.78 is 13.2. The maximum Gasteiger partial charge on any atom is 0.223 e. The summed E-state index contributed by atoms with van der Waals surface area (Å²) in [6.45, 7) is 1.78. The van der Waals surface area contributed by atoms with Gasteiger partial charge in [-0.05, 0) is 36.7 Å². The van der Waals surface area contributed by atoms with Crippen LogP contribution in [0.5, 0.6) is 0 Å². The van der Waals surface area contributed by atoms with Crippen LogP contribution >= 0.6 is 23.2 Å². The second-order valence-corrected chi connectivity index (χ2v) is 5.00. The van der Waals surface area contributed by atoms with Crippen LogP contribution in [0.25, 0.3) is 11.0 Å². The predicted molar refractivity (Wildman–Crippen MR) is 79.6 cm³/mol. The van der Waals surface area contributed by atoms with Crippen LogP contribution in [0.3, 0.4) is 0 Å². The quantitative estimate of drug-likeness (QED) is 0.724. The van der Waals surface area contributed by atoms with E-state index in [1.54, 1.807) is 13.0 Å². The summed E-state index contributed by atoms with van der Waals surface area (Å²) in [7, 11) is 0. The molecule has 0 atom stereocenters. The zero-order valence-electron chi connectivity index (χ0n) is 10.7. The van der Waals surface area contributed by atoms with Crippen molar-refractivity contribution in [3.63, 3.8) is 0 Å². The molecule has 5 nitrogen and oxygen atoms in total. The number of hydrogen-bond donors (Lipinski definition) is 1. The predicted octanol–water partition coefficient (Wildman–Crippen LogP) is 3.92.